The molecule has 0 aliphatic rings. The smallest absolute Gasteiger partial charge is 0.329 e. The van der Waals surface area contributed by atoms with Crippen LogP contribution in [0.15, 0.2) is 47.7 Å². The van der Waals surface area contributed by atoms with Gasteiger partial charge in [-0.05, 0) is 49.2 Å². The standard InChI is InChI=1S/C20H24N4O4/c1-3-11-28-17-9-8-15(12-18(17)27-4-2)13-23-24-20(26)19(25)22-14-16-7-5-6-10-21-16/h5-10,12-13H,3-4,11,14H2,1-2H3,(H,22,25)(H,24,26)/b23-13-. The molecule has 1 aromatic carbocycles. The van der Waals surface area contributed by atoms with Crippen LogP contribution in [0.5, 0.6) is 11.5 Å². The van der Waals surface area contributed by atoms with Crippen LogP contribution < -0.4 is 20.2 Å². The van der Waals surface area contributed by atoms with Crippen LogP contribution in [0.1, 0.15) is 31.5 Å². The normalized spacial score (nSPS) is 10.5. The second kappa shape index (κ2) is 11.3. The van der Waals surface area contributed by atoms with Crippen molar-refractivity contribution in [2.75, 3.05) is 13.2 Å². The second-order valence-electron chi connectivity index (χ2n) is 5.69. The lowest BCUT2D eigenvalue weighted by atomic mass is 10.2. The first-order valence-corrected chi connectivity index (χ1v) is 9.04. The van der Waals surface area contributed by atoms with E-state index in [1.54, 1.807) is 42.6 Å². The average molecular weight is 384 g/mol. The molecule has 8 heteroatoms. The zero-order valence-corrected chi connectivity index (χ0v) is 16.0. The van der Waals surface area contributed by atoms with Crippen LogP contribution in [-0.4, -0.2) is 36.2 Å². The predicted molar refractivity (Wildman–Crippen MR) is 105 cm³/mol. The highest BCUT2D eigenvalue weighted by Gasteiger charge is 2.12. The summed E-state index contributed by atoms with van der Waals surface area (Å²) in [6.07, 6.45) is 3.93. The fraction of sp³-hybridized carbons (Fsp3) is 0.300. The number of carbonyl (C=O) groups excluding carboxylic acids is 2. The van der Waals surface area contributed by atoms with Gasteiger partial charge in [0.05, 0.1) is 31.7 Å². The number of nitrogens with zero attached hydrogens (tertiary/aromatic N) is 2. The Morgan fingerprint density at radius 1 is 1.11 bits per heavy atom. The highest BCUT2D eigenvalue weighted by molar-refractivity contribution is 6.35. The van der Waals surface area contributed by atoms with Gasteiger partial charge in [0.1, 0.15) is 0 Å². The van der Waals surface area contributed by atoms with E-state index in [0.717, 1.165) is 6.42 Å². The molecule has 2 amide bonds. The third-order valence-corrected chi connectivity index (χ3v) is 3.47. The van der Waals surface area contributed by atoms with Gasteiger partial charge in [-0.25, -0.2) is 5.43 Å². The van der Waals surface area contributed by atoms with Gasteiger partial charge in [-0.1, -0.05) is 13.0 Å². The summed E-state index contributed by atoms with van der Waals surface area (Å²) in [6.45, 7) is 5.16. The molecule has 0 saturated heterocycles. The maximum absolute atomic E-state index is 11.8. The summed E-state index contributed by atoms with van der Waals surface area (Å²) in [5.41, 5.74) is 3.54. The summed E-state index contributed by atoms with van der Waals surface area (Å²) in [4.78, 5) is 27.6. The number of amides is 2. The topological polar surface area (TPSA) is 102 Å². The Balaban J connectivity index is 1.89. The Bertz CT molecular complexity index is 809. The zero-order chi connectivity index (χ0) is 20.2. The summed E-state index contributed by atoms with van der Waals surface area (Å²) < 4.78 is 11.2. The molecule has 148 valence electrons. The van der Waals surface area contributed by atoms with Crippen LogP contribution in [0, 0.1) is 0 Å². The number of hydrazone groups is 1. The van der Waals surface area contributed by atoms with Crippen molar-refractivity contribution in [1.82, 2.24) is 15.7 Å². The Labute approximate surface area is 164 Å². The van der Waals surface area contributed by atoms with Gasteiger partial charge in [-0.15, -0.1) is 0 Å². The molecule has 0 fully saturated rings. The van der Waals surface area contributed by atoms with Crippen LogP contribution >= 0.6 is 0 Å². The van der Waals surface area contributed by atoms with Gasteiger partial charge < -0.3 is 14.8 Å². The summed E-state index contributed by atoms with van der Waals surface area (Å²) >= 11 is 0. The Kier molecular flexibility index (Phi) is 8.45. The molecule has 8 nitrogen and oxygen atoms in total. The van der Waals surface area contributed by atoms with Crippen LogP contribution in [0.2, 0.25) is 0 Å². The Hall–Kier alpha value is -3.42. The van der Waals surface area contributed by atoms with Crippen molar-refractivity contribution in [3.05, 3.63) is 53.9 Å². The largest absolute Gasteiger partial charge is 0.490 e. The molecule has 0 unspecified atom stereocenters. The molecule has 0 aliphatic carbocycles. The summed E-state index contributed by atoms with van der Waals surface area (Å²) in [7, 11) is 0. The third kappa shape index (κ3) is 6.71. The molecule has 2 aromatic rings. The van der Waals surface area contributed by atoms with Gasteiger partial charge in [0.25, 0.3) is 0 Å². The van der Waals surface area contributed by atoms with E-state index in [-0.39, 0.29) is 6.54 Å². The molecule has 0 saturated carbocycles. The molecule has 0 spiro atoms. The predicted octanol–water partition coefficient (Wildman–Crippen LogP) is 2.04. The molecule has 1 heterocycles. The number of hydrogen-bond donors (Lipinski definition) is 2. The number of pyridine rings is 1. The molecular formula is C20H24N4O4. The highest BCUT2D eigenvalue weighted by atomic mass is 16.5. The van der Waals surface area contributed by atoms with Crippen molar-refractivity contribution < 1.29 is 19.1 Å². The number of benzene rings is 1. The Morgan fingerprint density at radius 2 is 1.96 bits per heavy atom. The van der Waals surface area contributed by atoms with E-state index in [2.05, 4.69) is 20.8 Å². The monoisotopic (exact) mass is 384 g/mol. The minimum atomic E-state index is -0.861. The quantitative estimate of drug-likeness (QED) is 0.391. The van der Waals surface area contributed by atoms with Crippen LogP contribution in [0.3, 0.4) is 0 Å². The number of nitrogens with one attached hydrogen (secondary N) is 2. The van der Waals surface area contributed by atoms with Crippen LogP contribution in [0.25, 0.3) is 0 Å². The minimum Gasteiger partial charge on any atom is -0.490 e. The number of carbonyl (C=O) groups is 2. The third-order valence-electron chi connectivity index (χ3n) is 3.47. The van der Waals surface area contributed by atoms with Crippen molar-refractivity contribution in [2.24, 2.45) is 5.10 Å². The van der Waals surface area contributed by atoms with E-state index in [9.17, 15) is 9.59 Å². The van der Waals surface area contributed by atoms with Gasteiger partial charge in [0.15, 0.2) is 11.5 Å². The zero-order valence-electron chi connectivity index (χ0n) is 16.0. The van der Waals surface area contributed by atoms with E-state index in [1.807, 2.05) is 13.8 Å². The average Bonchev–Trinajstić information content (AvgIpc) is 2.72. The van der Waals surface area contributed by atoms with Gasteiger partial charge in [0.2, 0.25) is 0 Å². The molecule has 28 heavy (non-hydrogen) atoms. The van der Waals surface area contributed by atoms with Crippen LogP contribution in [-0.2, 0) is 16.1 Å². The number of hydrogen-bond acceptors (Lipinski definition) is 6. The number of ether oxygens (including phenoxy) is 2. The summed E-state index contributed by atoms with van der Waals surface area (Å²) in [5, 5.41) is 6.29. The van der Waals surface area contributed by atoms with Crippen molar-refractivity contribution in [1.29, 1.82) is 0 Å². The fourth-order valence-corrected chi connectivity index (χ4v) is 2.17. The molecular weight excluding hydrogens is 360 g/mol. The molecule has 2 rings (SSSR count). The minimum absolute atomic E-state index is 0.160. The van der Waals surface area contributed by atoms with Crippen molar-refractivity contribution >= 4 is 18.0 Å². The fourth-order valence-electron chi connectivity index (χ4n) is 2.17. The number of rotatable bonds is 9. The first-order chi connectivity index (χ1) is 13.6. The summed E-state index contributed by atoms with van der Waals surface area (Å²) in [6, 6.07) is 10.6. The first kappa shape index (κ1) is 20.9. The molecule has 0 aliphatic heterocycles. The lowest BCUT2D eigenvalue weighted by Gasteiger charge is -2.11. The Morgan fingerprint density at radius 3 is 2.68 bits per heavy atom. The van der Waals surface area contributed by atoms with Gasteiger partial charge >= 0.3 is 11.8 Å². The molecule has 1 aromatic heterocycles. The van der Waals surface area contributed by atoms with Crippen molar-refractivity contribution in [3.63, 3.8) is 0 Å². The first-order valence-electron chi connectivity index (χ1n) is 9.04. The molecule has 0 bridgehead atoms. The van der Waals surface area contributed by atoms with E-state index < -0.39 is 11.8 Å². The molecule has 0 radical (unpaired) electrons. The highest BCUT2D eigenvalue weighted by Crippen LogP contribution is 2.28. The second-order valence-corrected chi connectivity index (χ2v) is 5.69. The van der Waals surface area contributed by atoms with Crippen molar-refractivity contribution in [3.8, 4) is 11.5 Å². The van der Waals surface area contributed by atoms with E-state index in [1.165, 1.54) is 6.21 Å². The van der Waals surface area contributed by atoms with Crippen molar-refractivity contribution in [2.45, 2.75) is 26.8 Å². The number of aromatic nitrogens is 1. The van der Waals surface area contributed by atoms with Gasteiger partial charge in [0, 0.05) is 6.20 Å². The maximum atomic E-state index is 11.8. The SMILES string of the molecule is CCCOc1ccc(/C=N\NC(=O)C(=O)NCc2ccccn2)cc1OCC. The lowest BCUT2D eigenvalue weighted by molar-refractivity contribution is -0.139. The molecule has 2 N–H and O–H groups in total. The van der Waals surface area contributed by atoms with Crippen LogP contribution in [0.4, 0.5) is 0 Å². The van der Waals surface area contributed by atoms with Gasteiger partial charge in [-0.2, -0.15) is 5.10 Å². The maximum Gasteiger partial charge on any atom is 0.329 e. The summed E-state index contributed by atoms with van der Waals surface area (Å²) in [5.74, 6) is -0.403. The van der Waals surface area contributed by atoms with E-state index in [4.69, 9.17) is 9.47 Å². The lowest BCUT2D eigenvalue weighted by Crippen LogP contribution is -2.37. The molecule has 0 atom stereocenters. The van der Waals surface area contributed by atoms with E-state index >= 15 is 0 Å². The van der Waals surface area contributed by atoms with Gasteiger partial charge in [-0.3, -0.25) is 14.6 Å². The van der Waals surface area contributed by atoms with E-state index in [0.29, 0.717) is 36.0 Å².